The Balaban J connectivity index is 1.15. The third kappa shape index (κ3) is 4.90. The number of thiophene rings is 1. The van der Waals surface area contributed by atoms with Crippen LogP contribution in [0.3, 0.4) is 0 Å². The number of aryl methyl sites for hydroxylation is 3. The van der Waals surface area contributed by atoms with Gasteiger partial charge in [0.1, 0.15) is 17.3 Å². The summed E-state index contributed by atoms with van der Waals surface area (Å²) in [5.41, 5.74) is 3.24. The van der Waals surface area contributed by atoms with Gasteiger partial charge in [0.15, 0.2) is 0 Å². The fourth-order valence-electron chi connectivity index (χ4n) is 9.68. The van der Waals surface area contributed by atoms with Crippen molar-refractivity contribution in [2.45, 2.75) is 46.0 Å². The second-order valence-corrected chi connectivity index (χ2v) is 17.5. The van der Waals surface area contributed by atoms with E-state index >= 15 is 4.79 Å². The number of benzene rings is 3. The molecule has 54 heavy (non-hydrogen) atoms. The maximum absolute atomic E-state index is 15.1. The Morgan fingerprint density at radius 3 is 2.46 bits per heavy atom. The number of nitrogens with zero attached hydrogens (tertiary/aromatic N) is 4. The number of fused-ring (bicyclic) bond motifs is 5. The van der Waals surface area contributed by atoms with E-state index in [-0.39, 0.29) is 29.9 Å². The summed E-state index contributed by atoms with van der Waals surface area (Å²) >= 11 is 11.5. The summed E-state index contributed by atoms with van der Waals surface area (Å²) in [7, 11) is 1.72. The molecule has 0 spiro atoms. The summed E-state index contributed by atoms with van der Waals surface area (Å²) in [4.78, 5) is 61.9. The lowest BCUT2D eigenvalue weighted by molar-refractivity contribution is -0.131. The molecule has 4 aliphatic rings. The van der Waals surface area contributed by atoms with Crippen LogP contribution in [-0.4, -0.2) is 38.5 Å². The number of halogens is 2. The number of imide groups is 2. The van der Waals surface area contributed by atoms with Gasteiger partial charge in [0.25, 0.3) is 0 Å². The lowest BCUT2D eigenvalue weighted by atomic mass is 9.51. The molecule has 4 heterocycles. The molecule has 2 aliphatic carbocycles. The molecule has 12 heteroatoms. The van der Waals surface area contributed by atoms with Gasteiger partial charge >= 0.3 is 0 Å². The van der Waals surface area contributed by atoms with Gasteiger partial charge in [0.2, 0.25) is 23.6 Å². The van der Waals surface area contributed by atoms with E-state index in [1.165, 1.54) is 9.80 Å². The second kappa shape index (κ2) is 12.5. The van der Waals surface area contributed by atoms with Gasteiger partial charge in [-0.1, -0.05) is 58.2 Å². The summed E-state index contributed by atoms with van der Waals surface area (Å²) in [5, 5.41) is 17.9. The van der Waals surface area contributed by atoms with Crippen LogP contribution in [-0.2, 0) is 32.6 Å². The lowest BCUT2D eigenvalue weighted by Gasteiger charge is -2.49. The zero-order chi connectivity index (χ0) is 38.0. The predicted molar refractivity (Wildman–Crippen MR) is 213 cm³/mol. The topological polar surface area (TPSA) is 113 Å². The number of amides is 4. The first-order chi connectivity index (χ1) is 25.8. The van der Waals surface area contributed by atoms with Crippen LogP contribution in [0.2, 0.25) is 5.02 Å². The quantitative estimate of drug-likeness (QED) is 0.140. The highest BCUT2D eigenvalue weighted by Gasteiger charge is 2.68. The standard InChI is InChI=1S/C42H36BrClN4O5S/c1-5-21-6-10-24(11-7-21)47-38(50)26-13-12-25-28(35(26)40(47)52)18-30-39(51)48(41(53)42(30,3)36(25)29-16-22(43)8-14-32(29)49)34-19-31(45-46(34)4)37-20(2)27-17-23(44)9-15-33(27)54-37/h6-12,14-17,19,26,28,30,35-36,49H,5,13,18H2,1-4H3. The number of anilines is 2. The molecule has 5 aromatic rings. The van der Waals surface area contributed by atoms with Gasteiger partial charge in [-0.05, 0) is 104 Å². The third-order valence-electron chi connectivity index (χ3n) is 12.4. The van der Waals surface area contributed by atoms with Crippen molar-refractivity contribution in [1.82, 2.24) is 9.78 Å². The third-order valence-corrected chi connectivity index (χ3v) is 14.4. The van der Waals surface area contributed by atoms with Crippen LogP contribution in [0, 0.1) is 36.0 Å². The molecule has 274 valence electrons. The van der Waals surface area contributed by atoms with E-state index in [2.05, 4.69) is 15.9 Å². The van der Waals surface area contributed by atoms with E-state index in [0.29, 0.717) is 38.7 Å². The Labute approximate surface area is 329 Å². The highest BCUT2D eigenvalue weighted by molar-refractivity contribution is 9.10. The number of aromatic hydroxyl groups is 1. The summed E-state index contributed by atoms with van der Waals surface area (Å²) in [6.45, 7) is 5.87. The maximum atomic E-state index is 15.1. The Morgan fingerprint density at radius 2 is 1.72 bits per heavy atom. The molecule has 2 aromatic heterocycles. The number of hydrogen-bond donors (Lipinski definition) is 1. The molecule has 3 fully saturated rings. The van der Waals surface area contributed by atoms with Crippen LogP contribution >= 0.6 is 38.9 Å². The van der Waals surface area contributed by atoms with Crippen LogP contribution in [0.25, 0.3) is 20.7 Å². The molecular formula is C42H36BrClN4O5S. The smallest absolute Gasteiger partial charge is 0.242 e. The first kappa shape index (κ1) is 35.1. The monoisotopic (exact) mass is 822 g/mol. The van der Waals surface area contributed by atoms with Crippen molar-refractivity contribution >= 4 is 84.1 Å². The van der Waals surface area contributed by atoms with Crippen molar-refractivity contribution in [3.8, 4) is 16.3 Å². The number of carbonyl (C=O) groups excluding carboxylic acids is 4. The van der Waals surface area contributed by atoms with E-state index < -0.39 is 40.9 Å². The molecule has 9 nitrogen and oxygen atoms in total. The Bertz CT molecular complexity index is 2510. The fraction of sp³-hybridized carbons (Fsp3) is 0.310. The zero-order valence-corrected chi connectivity index (χ0v) is 33.1. The Kier molecular flexibility index (Phi) is 8.12. The van der Waals surface area contributed by atoms with Crippen LogP contribution < -0.4 is 9.80 Å². The molecule has 9 rings (SSSR count). The summed E-state index contributed by atoms with van der Waals surface area (Å²) in [6.07, 6.45) is 3.34. The van der Waals surface area contributed by atoms with Gasteiger partial charge in [-0.3, -0.25) is 28.8 Å². The largest absolute Gasteiger partial charge is 0.508 e. The average Bonchev–Trinajstić information content (AvgIpc) is 3.83. The SMILES string of the molecule is CCc1ccc(N2C(=O)C3CC=C4C(CC5C(=O)N(c6cc(-c7sc8ccc(Cl)cc8c7C)nn6C)C(=O)C5(C)C4c4cc(Br)ccc4O)C3C2=O)cc1. The van der Waals surface area contributed by atoms with E-state index in [1.807, 2.05) is 69.3 Å². The van der Waals surface area contributed by atoms with Crippen LogP contribution in [0.4, 0.5) is 11.5 Å². The van der Waals surface area contributed by atoms with E-state index in [9.17, 15) is 19.5 Å². The van der Waals surface area contributed by atoms with Gasteiger partial charge in [-0.2, -0.15) is 5.10 Å². The molecule has 1 N–H and O–H groups in total. The van der Waals surface area contributed by atoms with Crippen molar-refractivity contribution in [3.63, 3.8) is 0 Å². The summed E-state index contributed by atoms with van der Waals surface area (Å²) in [6, 6.07) is 20.1. The van der Waals surface area contributed by atoms with Crippen molar-refractivity contribution < 1.29 is 24.3 Å². The van der Waals surface area contributed by atoms with E-state index in [0.717, 1.165) is 38.1 Å². The summed E-state index contributed by atoms with van der Waals surface area (Å²) < 4.78 is 3.32. The number of hydrogen-bond acceptors (Lipinski definition) is 7. The number of phenolic OH excluding ortho intramolecular Hbond substituents is 1. The molecule has 0 bridgehead atoms. The van der Waals surface area contributed by atoms with Crippen molar-refractivity contribution in [3.05, 3.63) is 105 Å². The molecule has 4 amide bonds. The molecule has 3 aromatic carbocycles. The first-order valence-corrected chi connectivity index (χ1v) is 20.1. The molecule has 0 radical (unpaired) electrons. The number of allylic oxidation sites excluding steroid dienone is 2. The van der Waals surface area contributed by atoms with Crippen molar-refractivity contribution in [2.24, 2.45) is 36.1 Å². The average molecular weight is 824 g/mol. The fourth-order valence-corrected chi connectivity index (χ4v) is 11.4. The molecule has 1 saturated carbocycles. The molecule has 6 atom stereocenters. The van der Waals surface area contributed by atoms with Crippen molar-refractivity contribution in [1.29, 1.82) is 0 Å². The van der Waals surface area contributed by atoms with Gasteiger partial charge in [-0.15, -0.1) is 11.3 Å². The molecule has 2 aliphatic heterocycles. The highest BCUT2D eigenvalue weighted by Crippen LogP contribution is 2.64. The minimum absolute atomic E-state index is 0.0137. The zero-order valence-electron chi connectivity index (χ0n) is 30.0. The van der Waals surface area contributed by atoms with Crippen molar-refractivity contribution in [2.75, 3.05) is 9.80 Å². The summed E-state index contributed by atoms with van der Waals surface area (Å²) in [5.74, 6) is -4.42. The predicted octanol–water partition coefficient (Wildman–Crippen LogP) is 8.73. The maximum Gasteiger partial charge on any atom is 0.242 e. The normalized spacial score (nSPS) is 26.4. The first-order valence-electron chi connectivity index (χ1n) is 18.1. The molecule has 2 saturated heterocycles. The van der Waals surface area contributed by atoms with Gasteiger partial charge in [0.05, 0.1) is 33.7 Å². The highest BCUT2D eigenvalue weighted by atomic mass is 79.9. The Hall–Kier alpha value is -4.58. The van der Waals surface area contributed by atoms with Gasteiger partial charge in [0, 0.05) is 38.8 Å². The van der Waals surface area contributed by atoms with Crippen LogP contribution in [0.15, 0.2) is 82.9 Å². The van der Waals surface area contributed by atoms with Crippen LogP contribution in [0.5, 0.6) is 5.75 Å². The van der Waals surface area contributed by atoms with E-state index in [4.69, 9.17) is 16.7 Å². The number of carbonyl (C=O) groups is 4. The number of aromatic nitrogens is 2. The van der Waals surface area contributed by atoms with Gasteiger partial charge < -0.3 is 5.11 Å². The lowest BCUT2D eigenvalue weighted by Crippen LogP contribution is -2.49. The van der Waals surface area contributed by atoms with E-state index in [1.54, 1.807) is 47.3 Å². The second-order valence-electron chi connectivity index (χ2n) is 15.1. The minimum Gasteiger partial charge on any atom is -0.508 e. The number of rotatable bonds is 5. The molecular weight excluding hydrogens is 788 g/mol. The minimum atomic E-state index is -1.32. The van der Waals surface area contributed by atoms with Gasteiger partial charge in [-0.25, -0.2) is 4.90 Å². The Morgan fingerprint density at radius 1 is 0.963 bits per heavy atom. The number of phenols is 1. The molecule has 6 unspecified atom stereocenters. The van der Waals surface area contributed by atoms with Crippen LogP contribution in [0.1, 0.15) is 49.3 Å².